The summed E-state index contributed by atoms with van der Waals surface area (Å²) in [5, 5.41) is 0. The van der Waals surface area contributed by atoms with Gasteiger partial charge in [-0.2, -0.15) is 0 Å². The molecule has 1 aliphatic rings. The van der Waals surface area contributed by atoms with Crippen molar-refractivity contribution in [1.29, 1.82) is 0 Å². The van der Waals surface area contributed by atoms with E-state index < -0.39 is 0 Å². The molecule has 0 bridgehead atoms. The average molecular weight is 143 g/mol. The van der Waals surface area contributed by atoms with Crippen LogP contribution in [0.2, 0.25) is 0 Å². The molecule has 0 saturated heterocycles. The summed E-state index contributed by atoms with van der Waals surface area (Å²) in [6, 6.07) is 0. The summed E-state index contributed by atoms with van der Waals surface area (Å²) in [5.74, 6) is 6.03. The highest BCUT2D eigenvalue weighted by molar-refractivity contribution is 4.70. The second-order valence-corrected chi connectivity index (χ2v) is 3.19. The van der Waals surface area contributed by atoms with Gasteiger partial charge in [-0.25, -0.2) is 5.90 Å². The zero-order valence-electron chi connectivity index (χ0n) is 6.68. The minimum absolute atomic E-state index is 0.350. The van der Waals surface area contributed by atoms with E-state index in [2.05, 4.69) is 6.92 Å². The molecular formula is C8H17NO. The van der Waals surface area contributed by atoms with Crippen molar-refractivity contribution >= 4 is 0 Å². The highest BCUT2D eigenvalue weighted by Crippen LogP contribution is 2.27. The van der Waals surface area contributed by atoms with Gasteiger partial charge in [0.25, 0.3) is 0 Å². The Hall–Kier alpha value is -0.0800. The molecule has 0 heterocycles. The topological polar surface area (TPSA) is 35.2 Å². The van der Waals surface area contributed by atoms with Crippen molar-refractivity contribution in [2.45, 2.75) is 45.1 Å². The Kier molecular flexibility index (Phi) is 3.16. The fraction of sp³-hybridized carbons (Fsp3) is 1.00. The molecule has 1 saturated carbocycles. The first-order valence-electron chi connectivity index (χ1n) is 4.22. The molecule has 1 aliphatic carbocycles. The van der Waals surface area contributed by atoms with Gasteiger partial charge in [0.2, 0.25) is 0 Å². The Morgan fingerprint density at radius 3 is 2.30 bits per heavy atom. The van der Waals surface area contributed by atoms with Gasteiger partial charge in [0.1, 0.15) is 0 Å². The van der Waals surface area contributed by atoms with Crippen molar-refractivity contribution in [1.82, 2.24) is 0 Å². The third-order valence-corrected chi connectivity index (χ3v) is 2.56. The Morgan fingerprint density at radius 1 is 1.30 bits per heavy atom. The van der Waals surface area contributed by atoms with E-state index in [1.54, 1.807) is 0 Å². The van der Waals surface area contributed by atoms with Gasteiger partial charge in [-0.1, -0.05) is 13.3 Å². The fourth-order valence-electron chi connectivity index (χ4n) is 1.68. The number of nitrogens with two attached hydrogens (primary N) is 1. The maximum absolute atomic E-state index is 5.09. The van der Waals surface area contributed by atoms with Crippen LogP contribution in [0.5, 0.6) is 0 Å². The van der Waals surface area contributed by atoms with Gasteiger partial charge in [-0.05, 0) is 31.6 Å². The molecule has 10 heavy (non-hydrogen) atoms. The molecule has 0 aromatic heterocycles. The van der Waals surface area contributed by atoms with Gasteiger partial charge in [0.15, 0.2) is 0 Å². The van der Waals surface area contributed by atoms with Crippen molar-refractivity contribution in [3.05, 3.63) is 0 Å². The van der Waals surface area contributed by atoms with Gasteiger partial charge in [0.05, 0.1) is 6.10 Å². The normalized spacial score (nSPS) is 34.2. The highest BCUT2D eigenvalue weighted by atomic mass is 16.6. The predicted molar refractivity (Wildman–Crippen MR) is 41.3 cm³/mol. The van der Waals surface area contributed by atoms with Crippen LogP contribution in [-0.2, 0) is 4.84 Å². The zero-order valence-corrected chi connectivity index (χ0v) is 6.68. The Morgan fingerprint density at radius 2 is 1.90 bits per heavy atom. The first-order chi connectivity index (χ1) is 4.86. The minimum Gasteiger partial charge on any atom is -0.301 e. The lowest BCUT2D eigenvalue weighted by atomic mass is 9.86. The molecule has 2 heteroatoms. The van der Waals surface area contributed by atoms with Crippen molar-refractivity contribution < 1.29 is 4.84 Å². The van der Waals surface area contributed by atoms with E-state index in [0.717, 1.165) is 18.8 Å². The van der Waals surface area contributed by atoms with E-state index in [9.17, 15) is 0 Å². The molecule has 2 N–H and O–H groups in total. The smallest absolute Gasteiger partial charge is 0.0787 e. The van der Waals surface area contributed by atoms with E-state index in [0.29, 0.717) is 6.10 Å². The zero-order chi connectivity index (χ0) is 7.40. The molecule has 1 fully saturated rings. The molecule has 0 atom stereocenters. The van der Waals surface area contributed by atoms with Gasteiger partial charge >= 0.3 is 0 Å². The predicted octanol–water partition coefficient (Wildman–Crippen LogP) is 1.85. The molecular weight excluding hydrogens is 126 g/mol. The summed E-state index contributed by atoms with van der Waals surface area (Å²) in [6.45, 7) is 2.26. The first kappa shape index (κ1) is 8.02. The molecule has 1 rings (SSSR count). The standard InChI is InChI=1S/C8H17NO/c1-2-7-3-5-8(10-9)6-4-7/h7-8H,2-6,9H2,1H3. The third kappa shape index (κ3) is 1.96. The molecule has 0 amide bonds. The van der Waals surface area contributed by atoms with E-state index in [4.69, 9.17) is 10.7 Å². The lowest BCUT2D eigenvalue weighted by molar-refractivity contribution is 0.0169. The van der Waals surface area contributed by atoms with Crippen molar-refractivity contribution in [2.24, 2.45) is 11.8 Å². The third-order valence-electron chi connectivity index (χ3n) is 2.56. The van der Waals surface area contributed by atoms with Crippen LogP contribution in [0.3, 0.4) is 0 Å². The van der Waals surface area contributed by atoms with Crippen LogP contribution in [0.1, 0.15) is 39.0 Å². The van der Waals surface area contributed by atoms with Crippen LogP contribution in [-0.4, -0.2) is 6.10 Å². The molecule has 0 aliphatic heterocycles. The molecule has 0 unspecified atom stereocenters. The molecule has 0 radical (unpaired) electrons. The summed E-state index contributed by atoms with van der Waals surface area (Å²) in [6.07, 6.45) is 6.60. The van der Waals surface area contributed by atoms with Crippen LogP contribution in [0, 0.1) is 5.92 Å². The molecule has 0 spiro atoms. The first-order valence-corrected chi connectivity index (χ1v) is 4.22. The van der Waals surface area contributed by atoms with Gasteiger partial charge in [-0.3, -0.25) is 0 Å². The highest BCUT2D eigenvalue weighted by Gasteiger charge is 2.19. The Labute approximate surface area is 62.7 Å². The van der Waals surface area contributed by atoms with Crippen LogP contribution >= 0.6 is 0 Å². The maximum atomic E-state index is 5.09. The summed E-state index contributed by atoms with van der Waals surface area (Å²) in [4.78, 5) is 4.78. The van der Waals surface area contributed by atoms with Crippen LogP contribution in [0.4, 0.5) is 0 Å². The van der Waals surface area contributed by atoms with Crippen molar-refractivity contribution in [2.75, 3.05) is 0 Å². The quantitative estimate of drug-likeness (QED) is 0.599. The lowest BCUT2D eigenvalue weighted by Crippen LogP contribution is -2.23. The largest absolute Gasteiger partial charge is 0.301 e. The Balaban J connectivity index is 2.17. The van der Waals surface area contributed by atoms with Crippen LogP contribution < -0.4 is 5.90 Å². The monoisotopic (exact) mass is 143 g/mol. The van der Waals surface area contributed by atoms with E-state index in [-0.39, 0.29) is 0 Å². The fourth-order valence-corrected chi connectivity index (χ4v) is 1.68. The second kappa shape index (κ2) is 3.94. The van der Waals surface area contributed by atoms with E-state index >= 15 is 0 Å². The summed E-state index contributed by atoms with van der Waals surface area (Å²) in [5.41, 5.74) is 0. The molecule has 2 nitrogen and oxygen atoms in total. The second-order valence-electron chi connectivity index (χ2n) is 3.19. The molecule has 0 aromatic carbocycles. The molecule has 0 aromatic rings. The van der Waals surface area contributed by atoms with Crippen LogP contribution in [0.15, 0.2) is 0 Å². The average Bonchev–Trinajstić information content (AvgIpc) is 2.05. The Bertz CT molecular complexity index is 75.3. The summed E-state index contributed by atoms with van der Waals surface area (Å²) in [7, 11) is 0. The number of rotatable bonds is 2. The number of hydrogen-bond acceptors (Lipinski definition) is 2. The SMILES string of the molecule is CCC1CCC(ON)CC1. The van der Waals surface area contributed by atoms with Gasteiger partial charge in [0, 0.05) is 0 Å². The van der Waals surface area contributed by atoms with Crippen LogP contribution in [0.25, 0.3) is 0 Å². The van der Waals surface area contributed by atoms with Crippen molar-refractivity contribution in [3.8, 4) is 0 Å². The van der Waals surface area contributed by atoms with E-state index in [1.165, 1.54) is 19.3 Å². The lowest BCUT2D eigenvalue weighted by Gasteiger charge is -2.25. The van der Waals surface area contributed by atoms with E-state index in [1.807, 2.05) is 0 Å². The summed E-state index contributed by atoms with van der Waals surface area (Å²) >= 11 is 0. The van der Waals surface area contributed by atoms with Gasteiger partial charge < -0.3 is 4.84 Å². The maximum Gasteiger partial charge on any atom is 0.0787 e. The number of hydrogen-bond donors (Lipinski definition) is 1. The summed E-state index contributed by atoms with van der Waals surface area (Å²) < 4.78 is 0. The van der Waals surface area contributed by atoms with Gasteiger partial charge in [-0.15, -0.1) is 0 Å². The minimum atomic E-state index is 0.350. The molecule has 60 valence electrons. The van der Waals surface area contributed by atoms with Crippen molar-refractivity contribution in [3.63, 3.8) is 0 Å².